The molecule has 0 amide bonds. The highest BCUT2D eigenvalue weighted by atomic mass is 32.2. The highest BCUT2D eigenvalue weighted by Crippen LogP contribution is 2.29. The van der Waals surface area contributed by atoms with E-state index >= 15 is 0 Å². The monoisotopic (exact) mass is 551 g/mol. The first-order valence-electron chi connectivity index (χ1n) is 11.5. The summed E-state index contributed by atoms with van der Waals surface area (Å²) in [4.78, 5) is -0.0595. The molecule has 0 spiro atoms. The molecule has 194 valence electrons. The van der Waals surface area contributed by atoms with Gasteiger partial charge in [-0.15, -0.1) is 0 Å². The number of sulfonamides is 1. The molecule has 1 aromatic heterocycles. The number of fused-ring (bicyclic) bond motifs is 1. The second-order valence-electron chi connectivity index (χ2n) is 8.47. The van der Waals surface area contributed by atoms with E-state index in [2.05, 4.69) is 0 Å². The van der Waals surface area contributed by atoms with Crippen molar-refractivity contribution in [1.29, 1.82) is 0 Å². The molecule has 5 aromatic rings. The quantitative estimate of drug-likeness (QED) is 0.217. The standard InChI is InChI=1S/C28H22FNO6S2/c29-23-13-15-26(16-14-23)38(33,34)36-24-9-3-6-21(18-24)19-30(20-25-10-5-17-35-25)37(31,32)28-12-4-8-22-7-1-2-11-27(22)28/h1-18H,19-20H2. The fourth-order valence-corrected chi connectivity index (χ4v) is 6.57. The highest BCUT2D eigenvalue weighted by Gasteiger charge is 2.28. The Morgan fingerprint density at radius 3 is 2.26 bits per heavy atom. The van der Waals surface area contributed by atoms with Crippen molar-refractivity contribution in [2.75, 3.05) is 0 Å². The number of benzene rings is 4. The molecule has 0 unspecified atom stereocenters. The Bertz CT molecular complexity index is 1780. The third kappa shape index (κ3) is 5.47. The lowest BCUT2D eigenvalue weighted by molar-refractivity contribution is 0.358. The van der Waals surface area contributed by atoms with Crippen molar-refractivity contribution in [3.63, 3.8) is 0 Å². The number of nitrogens with zero attached hydrogens (tertiary/aromatic N) is 1. The maximum absolute atomic E-state index is 13.9. The van der Waals surface area contributed by atoms with Gasteiger partial charge in [0.1, 0.15) is 22.2 Å². The summed E-state index contributed by atoms with van der Waals surface area (Å²) in [7, 11) is -8.24. The molecule has 10 heteroatoms. The number of furan rings is 1. The predicted molar refractivity (Wildman–Crippen MR) is 140 cm³/mol. The summed E-state index contributed by atoms with van der Waals surface area (Å²) in [6.45, 7) is -0.127. The van der Waals surface area contributed by atoms with E-state index in [-0.39, 0.29) is 28.6 Å². The highest BCUT2D eigenvalue weighted by molar-refractivity contribution is 7.89. The third-order valence-corrected chi connectivity index (χ3v) is 8.96. The molecule has 0 fully saturated rings. The van der Waals surface area contributed by atoms with Crippen molar-refractivity contribution in [3.8, 4) is 5.75 Å². The van der Waals surface area contributed by atoms with Gasteiger partial charge < -0.3 is 8.60 Å². The fourth-order valence-electron chi connectivity index (χ4n) is 4.04. The van der Waals surface area contributed by atoms with E-state index < -0.39 is 26.0 Å². The van der Waals surface area contributed by atoms with Crippen molar-refractivity contribution in [3.05, 3.63) is 127 Å². The van der Waals surface area contributed by atoms with Gasteiger partial charge in [-0.2, -0.15) is 12.7 Å². The van der Waals surface area contributed by atoms with Crippen LogP contribution >= 0.6 is 0 Å². The molecular weight excluding hydrogens is 529 g/mol. The lowest BCUT2D eigenvalue weighted by Gasteiger charge is -2.22. The van der Waals surface area contributed by atoms with E-state index in [0.717, 1.165) is 29.7 Å². The Morgan fingerprint density at radius 2 is 1.50 bits per heavy atom. The van der Waals surface area contributed by atoms with Crippen LogP contribution in [0.2, 0.25) is 0 Å². The summed E-state index contributed by atoms with van der Waals surface area (Å²) in [5, 5.41) is 1.37. The summed E-state index contributed by atoms with van der Waals surface area (Å²) in [6, 6.07) is 26.1. The van der Waals surface area contributed by atoms with Crippen LogP contribution in [-0.4, -0.2) is 21.1 Å². The van der Waals surface area contributed by atoms with Crippen LogP contribution in [-0.2, 0) is 33.2 Å². The fraction of sp³-hybridized carbons (Fsp3) is 0.0714. The van der Waals surface area contributed by atoms with Crippen LogP contribution in [0.25, 0.3) is 10.8 Å². The SMILES string of the molecule is O=S(=O)(Oc1cccc(CN(Cc2ccco2)S(=O)(=O)c2cccc3ccccc23)c1)c1ccc(F)cc1. The van der Waals surface area contributed by atoms with Gasteiger partial charge in [-0.3, -0.25) is 0 Å². The van der Waals surface area contributed by atoms with Crippen LogP contribution in [0, 0.1) is 5.82 Å². The maximum Gasteiger partial charge on any atom is 0.339 e. The Hall–Kier alpha value is -3.99. The van der Waals surface area contributed by atoms with Gasteiger partial charge in [0, 0.05) is 11.9 Å². The molecule has 5 rings (SSSR count). The Kier molecular flexibility index (Phi) is 7.02. The second kappa shape index (κ2) is 10.4. The second-order valence-corrected chi connectivity index (χ2v) is 11.9. The Morgan fingerprint density at radius 1 is 0.763 bits per heavy atom. The van der Waals surface area contributed by atoms with E-state index in [4.69, 9.17) is 8.60 Å². The van der Waals surface area contributed by atoms with Crippen molar-refractivity contribution >= 4 is 30.9 Å². The van der Waals surface area contributed by atoms with E-state index in [0.29, 0.717) is 16.7 Å². The molecule has 7 nitrogen and oxygen atoms in total. The lowest BCUT2D eigenvalue weighted by atomic mass is 10.1. The zero-order chi connectivity index (χ0) is 26.8. The average molecular weight is 552 g/mol. The molecular formula is C28H22FNO6S2. The van der Waals surface area contributed by atoms with E-state index in [1.54, 1.807) is 48.5 Å². The van der Waals surface area contributed by atoms with Gasteiger partial charge in [0.15, 0.2) is 0 Å². The molecule has 0 radical (unpaired) electrons. The molecule has 0 N–H and O–H groups in total. The molecule has 1 heterocycles. The Balaban J connectivity index is 1.48. The average Bonchev–Trinajstić information content (AvgIpc) is 3.41. The van der Waals surface area contributed by atoms with Crippen molar-refractivity contribution in [2.24, 2.45) is 0 Å². The first kappa shape index (κ1) is 25.7. The lowest BCUT2D eigenvalue weighted by Crippen LogP contribution is -2.30. The largest absolute Gasteiger partial charge is 0.468 e. The normalized spacial score (nSPS) is 12.2. The van der Waals surface area contributed by atoms with Crippen LogP contribution in [0.5, 0.6) is 5.75 Å². The minimum absolute atomic E-state index is 0.00710. The van der Waals surface area contributed by atoms with Gasteiger partial charge in [-0.05, 0) is 65.5 Å². The number of hydrogen-bond acceptors (Lipinski definition) is 6. The minimum atomic E-state index is -4.23. The molecule has 4 aromatic carbocycles. The topological polar surface area (TPSA) is 93.9 Å². The van der Waals surface area contributed by atoms with Gasteiger partial charge in [-0.1, -0.05) is 48.5 Å². The van der Waals surface area contributed by atoms with Crippen LogP contribution in [0.15, 0.2) is 124 Å². The van der Waals surface area contributed by atoms with Crippen LogP contribution in [0.1, 0.15) is 11.3 Å². The molecule has 0 bridgehead atoms. The Labute approximate surface area is 219 Å². The first-order chi connectivity index (χ1) is 18.2. The smallest absolute Gasteiger partial charge is 0.339 e. The molecule has 0 aliphatic carbocycles. The molecule has 38 heavy (non-hydrogen) atoms. The first-order valence-corrected chi connectivity index (χ1v) is 14.4. The van der Waals surface area contributed by atoms with E-state index in [1.165, 1.54) is 22.7 Å². The zero-order valence-corrected chi connectivity index (χ0v) is 21.5. The molecule has 0 saturated heterocycles. The molecule has 0 atom stereocenters. The van der Waals surface area contributed by atoms with Crippen LogP contribution < -0.4 is 4.18 Å². The number of hydrogen-bond donors (Lipinski definition) is 0. The molecule has 0 aliphatic heterocycles. The number of rotatable bonds is 9. The van der Waals surface area contributed by atoms with Crippen molar-refractivity contribution < 1.29 is 29.8 Å². The summed E-state index contributed by atoms with van der Waals surface area (Å²) in [6.07, 6.45) is 1.47. The maximum atomic E-state index is 13.9. The van der Waals surface area contributed by atoms with Gasteiger partial charge in [-0.25, -0.2) is 12.8 Å². The van der Waals surface area contributed by atoms with Gasteiger partial charge in [0.05, 0.1) is 17.7 Å². The number of halogens is 1. The van der Waals surface area contributed by atoms with Crippen molar-refractivity contribution in [2.45, 2.75) is 22.9 Å². The van der Waals surface area contributed by atoms with Crippen molar-refractivity contribution in [1.82, 2.24) is 4.31 Å². The van der Waals surface area contributed by atoms with Crippen LogP contribution in [0.4, 0.5) is 4.39 Å². The third-order valence-electron chi connectivity index (χ3n) is 5.85. The summed E-state index contributed by atoms with van der Waals surface area (Å²) < 4.78 is 78.3. The molecule has 0 saturated carbocycles. The van der Waals surface area contributed by atoms with E-state index in [9.17, 15) is 21.2 Å². The summed E-state index contributed by atoms with van der Waals surface area (Å²) in [5.74, 6) is -0.137. The summed E-state index contributed by atoms with van der Waals surface area (Å²) in [5.41, 5.74) is 0.493. The van der Waals surface area contributed by atoms with Gasteiger partial charge in [0.25, 0.3) is 0 Å². The van der Waals surface area contributed by atoms with Gasteiger partial charge >= 0.3 is 10.1 Å². The molecule has 0 aliphatic rings. The minimum Gasteiger partial charge on any atom is -0.468 e. The van der Waals surface area contributed by atoms with Gasteiger partial charge in [0.2, 0.25) is 10.0 Å². The van der Waals surface area contributed by atoms with Crippen LogP contribution in [0.3, 0.4) is 0 Å². The zero-order valence-electron chi connectivity index (χ0n) is 19.9. The predicted octanol–water partition coefficient (Wildman–Crippen LogP) is 5.73. The summed E-state index contributed by atoms with van der Waals surface area (Å²) >= 11 is 0. The van der Waals surface area contributed by atoms with E-state index in [1.807, 2.05) is 18.2 Å².